The minimum absolute atomic E-state index is 0.0697. The zero-order valence-electron chi connectivity index (χ0n) is 17.7. The highest BCUT2D eigenvalue weighted by Crippen LogP contribution is 2.23. The number of unbranched alkanes of at least 4 members (excludes halogenated alkanes) is 9. The molecule has 1 aromatic carbocycles. The summed E-state index contributed by atoms with van der Waals surface area (Å²) in [5.41, 5.74) is 8.75. The summed E-state index contributed by atoms with van der Waals surface area (Å²) in [6.07, 6.45) is 16.5. The Morgan fingerprint density at radius 2 is 1.54 bits per heavy atom. The number of hydrogen-bond donors (Lipinski definition) is 2. The van der Waals surface area contributed by atoms with Gasteiger partial charge in [0.2, 0.25) is 5.89 Å². The lowest BCUT2D eigenvalue weighted by Gasteiger charge is -2.04. The summed E-state index contributed by atoms with van der Waals surface area (Å²) in [4.78, 5) is 4.47. The van der Waals surface area contributed by atoms with Crippen molar-refractivity contribution in [1.29, 1.82) is 5.41 Å². The van der Waals surface area contributed by atoms with Gasteiger partial charge in [0.05, 0.1) is 5.92 Å². The van der Waals surface area contributed by atoms with Crippen molar-refractivity contribution in [1.82, 2.24) is 4.98 Å². The normalized spacial score (nSPS) is 12.2. The van der Waals surface area contributed by atoms with Gasteiger partial charge < -0.3 is 10.2 Å². The third-order valence-electron chi connectivity index (χ3n) is 5.43. The number of aryl methyl sites for hydroxylation is 1. The fourth-order valence-electron chi connectivity index (χ4n) is 3.41. The number of amidine groups is 1. The summed E-state index contributed by atoms with van der Waals surface area (Å²) in [5, 5.41) is 7.51. The van der Waals surface area contributed by atoms with E-state index in [2.05, 4.69) is 36.2 Å². The molecule has 1 heterocycles. The van der Waals surface area contributed by atoms with Crippen molar-refractivity contribution in [3.63, 3.8) is 0 Å². The molecule has 0 saturated carbocycles. The molecule has 0 aliphatic rings. The fourth-order valence-corrected chi connectivity index (χ4v) is 3.41. The minimum atomic E-state index is -0.288. The van der Waals surface area contributed by atoms with Crippen molar-refractivity contribution in [3.05, 3.63) is 42.0 Å². The van der Waals surface area contributed by atoms with Crippen LogP contribution in [0, 0.1) is 5.41 Å². The summed E-state index contributed by atoms with van der Waals surface area (Å²) >= 11 is 0. The lowest BCUT2D eigenvalue weighted by molar-refractivity contribution is 0.490. The highest BCUT2D eigenvalue weighted by molar-refractivity contribution is 5.83. The number of hydrogen-bond acceptors (Lipinski definition) is 3. The summed E-state index contributed by atoms with van der Waals surface area (Å²) < 4.78 is 5.48. The van der Waals surface area contributed by atoms with E-state index in [0.717, 1.165) is 17.7 Å². The number of nitrogens with two attached hydrogens (primary N) is 1. The van der Waals surface area contributed by atoms with Gasteiger partial charge in [0.25, 0.3) is 0 Å². The summed E-state index contributed by atoms with van der Waals surface area (Å²) in [5.74, 6) is 0.279. The van der Waals surface area contributed by atoms with E-state index in [1.165, 1.54) is 69.8 Å². The lowest BCUT2D eigenvalue weighted by atomic mass is 10.0. The molecule has 0 amide bonds. The Balaban J connectivity index is 1.66. The molecular formula is C24H37N3O. The minimum Gasteiger partial charge on any atom is -0.448 e. The standard InChI is InChI=1S/C24H37N3O/c1-3-4-5-6-7-8-9-10-11-12-13-20-14-16-21(17-15-20)22-18-28-24(27-22)19(2)23(25)26/h14-19H,3-13H2,1-2H3,(H3,25,26). The second kappa shape index (κ2) is 12.4. The number of oxazole rings is 1. The van der Waals surface area contributed by atoms with Crippen LogP contribution in [-0.2, 0) is 6.42 Å². The third-order valence-corrected chi connectivity index (χ3v) is 5.43. The van der Waals surface area contributed by atoms with E-state index >= 15 is 0 Å². The van der Waals surface area contributed by atoms with Gasteiger partial charge in [-0.05, 0) is 25.3 Å². The Morgan fingerprint density at radius 3 is 2.11 bits per heavy atom. The molecule has 2 aromatic rings. The van der Waals surface area contributed by atoms with E-state index in [1.807, 2.05) is 6.92 Å². The van der Waals surface area contributed by atoms with Gasteiger partial charge in [-0.25, -0.2) is 4.98 Å². The molecule has 0 bridgehead atoms. The SMILES string of the molecule is CCCCCCCCCCCCc1ccc(-c2coc(C(C)C(=N)N)n2)cc1. The first-order valence-electron chi connectivity index (χ1n) is 11.0. The maximum absolute atomic E-state index is 7.51. The predicted octanol–water partition coefficient (Wildman–Crippen LogP) is 6.84. The molecule has 28 heavy (non-hydrogen) atoms. The first-order chi connectivity index (χ1) is 13.6. The predicted molar refractivity (Wildman–Crippen MR) is 118 cm³/mol. The topological polar surface area (TPSA) is 75.9 Å². The van der Waals surface area contributed by atoms with Crippen molar-refractivity contribution < 1.29 is 4.42 Å². The number of nitrogens with one attached hydrogen (secondary N) is 1. The van der Waals surface area contributed by atoms with Crippen molar-refractivity contribution in [2.75, 3.05) is 0 Å². The fraction of sp³-hybridized carbons (Fsp3) is 0.583. The molecule has 0 aliphatic carbocycles. The highest BCUT2D eigenvalue weighted by atomic mass is 16.3. The van der Waals surface area contributed by atoms with Crippen LogP contribution >= 0.6 is 0 Å². The van der Waals surface area contributed by atoms with Crippen LogP contribution in [0.3, 0.4) is 0 Å². The van der Waals surface area contributed by atoms with Crippen molar-refractivity contribution in [2.24, 2.45) is 5.73 Å². The molecule has 1 aromatic heterocycles. The van der Waals surface area contributed by atoms with Gasteiger partial charge in [0, 0.05) is 5.56 Å². The van der Waals surface area contributed by atoms with Gasteiger partial charge >= 0.3 is 0 Å². The van der Waals surface area contributed by atoms with Crippen molar-refractivity contribution >= 4 is 5.84 Å². The van der Waals surface area contributed by atoms with Gasteiger partial charge in [-0.3, -0.25) is 5.41 Å². The molecule has 4 heteroatoms. The Hall–Kier alpha value is -2.10. The maximum Gasteiger partial charge on any atom is 0.204 e. The van der Waals surface area contributed by atoms with E-state index in [4.69, 9.17) is 15.6 Å². The smallest absolute Gasteiger partial charge is 0.204 e. The van der Waals surface area contributed by atoms with Gasteiger partial charge in [0.15, 0.2) is 0 Å². The van der Waals surface area contributed by atoms with E-state index in [9.17, 15) is 0 Å². The average molecular weight is 384 g/mol. The second-order valence-corrected chi connectivity index (χ2v) is 7.88. The van der Waals surface area contributed by atoms with Crippen LogP contribution in [0.1, 0.15) is 95.4 Å². The lowest BCUT2D eigenvalue weighted by Crippen LogP contribution is -2.18. The van der Waals surface area contributed by atoms with E-state index in [1.54, 1.807) is 6.26 Å². The Labute approximate surface area is 170 Å². The number of benzene rings is 1. The summed E-state index contributed by atoms with van der Waals surface area (Å²) in [7, 11) is 0. The van der Waals surface area contributed by atoms with Crippen LogP contribution < -0.4 is 5.73 Å². The van der Waals surface area contributed by atoms with E-state index in [-0.39, 0.29) is 11.8 Å². The molecule has 1 unspecified atom stereocenters. The maximum atomic E-state index is 7.51. The molecule has 4 nitrogen and oxygen atoms in total. The zero-order valence-corrected chi connectivity index (χ0v) is 17.7. The number of rotatable bonds is 14. The molecule has 154 valence electrons. The molecule has 3 N–H and O–H groups in total. The van der Waals surface area contributed by atoms with Gasteiger partial charge in [-0.15, -0.1) is 0 Å². The molecule has 0 saturated heterocycles. The van der Waals surface area contributed by atoms with Crippen molar-refractivity contribution in [2.45, 2.75) is 90.4 Å². The van der Waals surface area contributed by atoms with Crippen LogP contribution in [0.5, 0.6) is 0 Å². The molecule has 0 spiro atoms. The zero-order chi connectivity index (χ0) is 20.2. The van der Waals surface area contributed by atoms with Crippen LogP contribution in [0.2, 0.25) is 0 Å². The number of nitrogens with zero attached hydrogens (tertiary/aromatic N) is 1. The van der Waals surface area contributed by atoms with Gasteiger partial charge in [-0.2, -0.15) is 0 Å². The van der Waals surface area contributed by atoms with Gasteiger partial charge in [0.1, 0.15) is 17.8 Å². The molecular weight excluding hydrogens is 346 g/mol. The summed E-state index contributed by atoms with van der Waals surface area (Å²) in [6.45, 7) is 4.10. The first-order valence-corrected chi connectivity index (χ1v) is 11.0. The van der Waals surface area contributed by atoms with Crippen molar-refractivity contribution in [3.8, 4) is 11.3 Å². The largest absolute Gasteiger partial charge is 0.448 e. The monoisotopic (exact) mass is 383 g/mol. The van der Waals surface area contributed by atoms with Crippen LogP contribution in [0.15, 0.2) is 34.9 Å². The third kappa shape index (κ3) is 7.49. The number of aromatic nitrogens is 1. The van der Waals surface area contributed by atoms with Crippen LogP contribution in [0.25, 0.3) is 11.3 Å². The Bertz CT molecular complexity index is 690. The Kier molecular flexibility index (Phi) is 9.81. The van der Waals surface area contributed by atoms with Gasteiger partial charge in [-0.1, -0.05) is 89.0 Å². The summed E-state index contributed by atoms with van der Waals surface area (Å²) in [6, 6.07) is 8.58. The molecule has 0 aliphatic heterocycles. The molecule has 1 atom stereocenters. The van der Waals surface area contributed by atoms with E-state index in [0.29, 0.717) is 5.89 Å². The molecule has 0 fully saturated rings. The Morgan fingerprint density at radius 1 is 0.964 bits per heavy atom. The first kappa shape index (κ1) is 22.2. The quantitative estimate of drug-likeness (QED) is 0.213. The molecule has 0 radical (unpaired) electrons. The van der Waals surface area contributed by atoms with Crippen LogP contribution in [0.4, 0.5) is 0 Å². The van der Waals surface area contributed by atoms with E-state index < -0.39 is 0 Å². The highest BCUT2D eigenvalue weighted by Gasteiger charge is 2.15. The average Bonchev–Trinajstić information content (AvgIpc) is 3.19. The second-order valence-electron chi connectivity index (χ2n) is 7.88. The molecule has 2 rings (SSSR count). The van der Waals surface area contributed by atoms with Crippen LogP contribution in [-0.4, -0.2) is 10.8 Å².